The summed E-state index contributed by atoms with van der Waals surface area (Å²) < 4.78 is 13.6. The van der Waals surface area contributed by atoms with Crippen LogP contribution in [-0.4, -0.2) is 33.9 Å². The third kappa shape index (κ3) is 4.06. The molecule has 0 spiro atoms. The van der Waals surface area contributed by atoms with Crippen LogP contribution in [0.2, 0.25) is 0 Å². The van der Waals surface area contributed by atoms with Gasteiger partial charge in [-0.05, 0) is 49.6 Å². The van der Waals surface area contributed by atoms with E-state index in [1.807, 2.05) is 36.1 Å². The third-order valence-electron chi connectivity index (χ3n) is 4.80. The van der Waals surface area contributed by atoms with E-state index >= 15 is 0 Å². The predicted octanol–water partition coefficient (Wildman–Crippen LogP) is 3.95. The summed E-state index contributed by atoms with van der Waals surface area (Å²) in [5.74, 6) is 1.95. The largest absolute Gasteiger partial charge is 0.465 e. The number of aryl methyl sites for hydroxylation is 1. The molecule has 1 unspecified atom stereocenters. The number of para-hydroxylation sites is 1. The van der Waals surface area contributed by atoms with Gasteiger partial charge in [0.25, 0.3) is 0 Å². The second-order valence-electron chi connectivity index (χ2n) is 6.90. The zero-order valence-corrected chi connectivity index (χ0v) is 15.2. The minimum atomic E-state index is 0.308. The van der Waals surface area contributed by atoms with Crippen LogP contribution in [0.3, 0.4) is 0 Å². The highest BCUT2D eigenvalue weighted by molar-refractivity contribution is 5.40. The van der Waals surface area contributed by atoms with Crippen molar-refractivity contribution in [2.75, 3.05) is 13.2 Å². The van der Waals surface area contributed by atoms with Gasteiger partial charge >= 0.3 is 0 Å². The van der Waals surface area contributed by atoms with Crippen molar-refractivity contribution in [2.45, 2.75) is 39.0 Å². The molecule has 0 N–H and O–H groups in total. The smallest absolute Gasteiger partial charge is 0.118 e. The van der Waals surface area contributed by atoms with Gasteiger partial charge in [-0.3, -0.25) is 4.90 Å². The van der Waals surface area contributed by atoms with E-state index in [0.29, 0.717) is 6.10 Å². The third-order valence-corrected chi connectivity index (χ3v) is 4.80. The molecule has 0 saturated carbocycles. The van der Waals surface area contributed by atoms with Crippen molar-refractivity contribution < 1.29 is 9.15 Å². The standard InChI is InChI=1S/C21H25N3O2/c1-17-9-10-20(26-17)16-23(15-19-7-4-13-25-19)14-18-6-2-3-8-21(18)24-12-5-11-22-24/h2-3,5-6,8-12,19H,4,7,13-16H2,1H3. The van der Waals surface area contributed by atoms with Gasteiger partial charge in [0.2, 0.25) is 0 Å². The van der Waals surface area contributed by atoms with Crippen LogP contribution >= 0.6 is 0 Å². The SMILES string of the molecule is Cc1ccc(CN(Cc2ccccc2-n2cccn2)CC2CCCO2)o1. The van der Waals surface area contributed by atoms with E-state index in [-0.39, 0.29) is 0 Å². The van der Waals surface area contributed by atoms with Gasteiger partial charge in [-0.2, -0.15) is 5.10 Å². The van der Waals surface area contributed by atoms with Crippen LogP contribution in [0.15, 0.2) is 59.3 Å². The molecule has 1 aliphatic heterocycles. The molecule has 5 heteroatoms. The van der Waals surface area contributed by atoms with Crippen molar-refractivity contribution in [3.8, 4) is 5.69 Å². The molecule has 3 heterocycles. The molecule has 0 amide bonds. The number of rotatable bonds is 7. The van der Waals surface area contributed by atoms with Crippen LogP contribution in [0.5, 0.6) is 0 Å². The van der Waals surface area contributed by atoms with Crippen molar-refractivity contribution in [3.05, 3.63) is 71.9 Å². The first-order valence-electron chi connectivity index (χ1n) is 9.25. The van der Waals surface area contributed by atoms with Crippen LogP contribution in [0.1, 0.15) is 29.9 Å². The van der Waals surface area contributed by atoms with E-state index in [2.05, 4.69) is 40.3 Å². The zero-order chi connectivity index (χ0) is 17.8. The van der Waals surface area contributed by atoms with E-state index in [1.54, 1.807) is 0 Å². The number of furan rings is 1. The number of ether oxygens (including phenoxy) is 1. The van der Waals surface area contributed by atoms with Crippen molar-refractivity contribution in [2.24, 2.45) is 0 Å². The molecule has 136 valence electrons. The fourth-order valence-corrected chi connectivity index (χ4v) is 3.57. The Bertz CT molecular complexity index is 819. The lowest BCUT2D eigenvalue weighted by Gasteiger charge is -2.25. The second kappa shape index (κ2) is 7.89. The van der Waals surface area contributed by atoms with Gasteiger partial charge in [0.05, 0.1) is 18.3 Å². The second-order valence-corrected chi connectivity index (χ2v) is 6.90. The average Bonchev–Trinajstić information content (AvgIpc) is 3.39. The van der Waals surface area contributed by atoms with Crippen molar-refractivity contribution >= 4 is 0 Å². The monoisotopic (exact) mass is 351 g/mol. The van der Waals surface area contributed by atoms with Gasteiger partial charge in [-0.15, -0.1) is 0 Å². The molecule has 1 fully saturated rings. The van der Waals surface area contributed by atoms with E-state index < -0.39 is 0 Å². The average molecular weight is 351 g/mol. The zero-order valence-electron chi connectivity index (χ0n) is 15.2. The highest BCUT2D eigenvalue weighted by Gasteiger charge is 2.21. The van der Waals surface area contributed by atoms with Gasteiger partial charge in [-0.1, -0.05) is 18.2 Å². The van der Waals surface area contributed by atoms with Gasteiger partial charge in [0, 0.05) is 32.1 Å². The Morgan fingerprint density at radius 3 is 2.81 bits per heavy atom. The van der Waals surface area contributed by atoms with Crippen molar-refractivity contribution in [1.82, 2.24) is 14.7 Å². The summed E-state index contributed by atoms with van der Waals surface area (Å²) in [7, 11) is 0. The quantitative estimate of drug-likeness (QED) is 0.646. The van der Waals surface area contributed by atoms with Gasteiger partial charge in [0.1, 0.15) is 11.5 Å². The van der Waals surface area contributed by atoms with Crippen molar-refractivity contribution in [3.63, 3.8) is 0 Å². The molecule has 1 atom stereocenters. The van der Waals surface area contributed by atoms with E-state index in [9.17, 15) is 0 Å². The van der Waals surface area contributed by atoms with E-state index in [4.69, 9.17) is 9.15 Å². The molecule has 4 rings (SSSR count). The molecule has 2 aromatic heterocycles. The maximum atomic E-state index is 5.88. The number of benzene rings is 1. The molecule has 1 aromatic carbocycles. The van der Waals surface area contributed by atoms with Crippen LogP contribution < -0.4 is 0 Å². The molecule has 26 heavy (non-hydrogen) atoms. The number of hydrogen-bond donors (Lipinski definition) is 0. The Kier molecular flexibility index (Phi) is 5.18. The molecule has 1 aliphatic rings. The Morgan fingerprint density at radius 2 is 2.08 bits per heavy atom. The van der Waals surface area contributed by atoms with E-state index in [1.165, 1.54) is 5.56 Å². The molecule has 3 aromatic rings. The van der Waals surface area contributed by atoms with Gasteiger partial charge in [-0.25, -0.2) is 4.68 Å². The Hall–Kier alpha value is -2.37. The maximum Gasteiger partial charge on any atom is 0.118 e. The summed E-state index contributed by atoms with van der Waals surface area (Å²) in [6.45, 7) is 5.38. The van der Waals surface area contributed by atoms with Crippen LogP contribution in [-0.2, 0) is 17.8 Å². The molecular weight excluding hydrogens is 326 g/mol. The van der Waals surface area contributed by atoms with E-state index in [0.717, 1.165) is 56.3 Å². The first kappa shape index (κ1) is 17.1. The summed E-state index contributed by atoms with van der Waals surface area (Å²) in [5.41, 5.74) is 2.36. The lowest BCUT2D eigenvalue weighted by molar-refractivity contribution is 0.0654. The molecule has 0 aliphatic carbocycles. The highest BCUT2D eigenvalue weighted by atomic mass is 16.5. The van der Waals surface area contributed by atoms with Crippen LogP contribution in [0.25, 0.3) is 5.69 Å². The molecule has 0 bridgehead atoms. The first-order valence-corrected chi connectivity index (χ1v) is 9.25. The lowest BCUT2D eigenvalue weighted by Crippen LogP contribution is -2.31. The maximum absolute atomic E-state index is 5.88. The topological polar surface area (TPSA) is 43.4 Å². The summed E-state index contributed by atoms with van der Waals surface area (Å²) >= 11 is 0. The first-order chi connectivity index (χ1) is 12.8. The predicted molar refractivity (Wildman–Crippen MR) is 100 cm³/mol. The number of nitrogens with zero attached hydrogens (tertiary/aromatic N) is 3. The summed E-state index contributed by atoms with van der Waals surface area (Å²) in [5, 5.41) is 4.40. The fourth-order valence-electron chi connectivity index (χ4n) is 3.57. The van der Waals surface area contributed by atoms with Crippen molar-refractivity contribution in [1.29, 1.82) is 0 Å². The van der Waals surface area contributed by atoms with Crippen LogP contribution in [0.4, 0.5) is 0 Å². The number of hydrogen-bond acceptors (Lipinski definition) is 4. The Balaban J connectivity index is 1.56. The lowest BCUT2D eigenvalue weighted by atomic mass is 10.1. The fraction of sp³-hybridized carbons (Fsp3) is 0.381. The highest BCUT2D eigenvalue weighted by Crippen LogP contribution is 2.21. The summed E-state index contributed by atoms with van der Waals surface area (Å²) in [6, 6.07) is 14.5. The molecule has 5 nitrogen and oxygen atoms in total. The Labute approximate surface area is 154 Å². The molecular formula is C21H25N3O2. The van der Waals surface area contributed by atoms with Crippen LogP contribution in [0, 0.1) is 6.92 Å². The molecule has 1 saturated heterocycles. The number of aromatic nitrogens is 2. The summed E-state index contributed by atoms with van der Waals surface area (Å²) in [4.78, 5) is 2.41. The summed E-state index contributed by atoms with van der Waals surface area (Å²) in [6.07, 6.45) is 6.39. The minimum Gasteiger partial charge on any atom is -0.465 e. The van der Waals surface area contributed by atoms with Gasteiger partial charge < -0.3 is 9.15 Å². The molecule has 0 radical (unpaired) electrons. The normalized spacial score (nSPS) is 17.2. The Morgan fingerprint density at radius 1 is 1.15 bits per heavy atom. The van der Waals surface area contributed by atoms with Gasteiger partial charge in [0.15, 0.2) is 0 Å². The minimum absolute atomic E-state index is 0.308.